The van der Waals surface area contributed by atoms with Crippen LogP contribution in [0, 0.1) is 32.6 Å². The van der Waals surface area contributed by atoms with Gasteiger partial charge in [0.05, 0.1) is 4.43 Å². The maximum Gasteiger partial charge on any atom is 0.327 e. The minimum atomic E-state index is 0.337. The molecule has 0 fully saturated rings. The van der Waals surface area contributed by atoms with Gasteiger partial charge in [0.1, 0.15) is 17.1 Å². The lowest BCUT2D eigenvalue weighted by atomic mass is 10.2. The average Bonchev–Trinajstić information content (AvgIpc) is 2.71. The Balaban J connectivity index is 2.83. The van der Waals surface area contributed by atoms with Gasteiger partial charge in [-0.1, -0.05) is 0 Å². The summed E-state index contributed by atoms with van der Waals surface area (Å²) < 4.78 is 7.23. The second kappa shape index (κ2) is 3.76. The number of furan rings is 1. The third-order valence-electron chi connectivity index (χ3n) is 2.98. The fourth-order valence-electron chi connectivity index (χ4n) is 1.81. The first-order valence-electron chi connectivity index (χ1n) is 5.35. The summed E-state index contributed by atoms with van der Waals surface area (Å²) >= 11 is 0. The highest BCUT2D eigenvalue weighted by atomic mass is 16.5. The summed E-state index contributed by atoms with van der Waals surface area (Å²) in [4.78, 5) is 12.1. The van der Waals surface area contributed by atoms with E-state index in [-0.39, 0.29) is 0 Å². The van der Waals surface area contributed by atoms with Crippen molar-refractivity contribution in [3.05, 3.63) is 39.9 Å². The molecule has 0 aliphatic carbocycles. The Kier molecular flexibility index (Phi) is 2.53. The van der Waals surface area contributed by atoms with Gasteiger partial charge in [-0.25, -0.2) is 0 Å². The third kappa shape index (κ3) is 1.63. The molecule has 0 aliphatic heterocycles. The molecule has 2 rings (SSSR count). The first-order chi connectivity index (χ1) is 7.93. The van der Waals surface area contributed by atoms with Crippen molar-refractivity contribution >= 4 is 0 Å². The number of nitrogens with zero attached hydrogens (tertiary/aromatic N) is 2. The van der Waals surface area contributed by atoms with E-state index in [1.807, 2.05) is 6.92 Å². The van der Waals surface area contributed by atoms with Crippen molar-refractivity contribution in [2.24, 2.45) is 0 Å². The quantitative estimate of drug-likeness (QED) is 0.608. The van der Waals surface area contributed by atoms with Gasteiger partial charge < -0.3 is 9.62 Å². The van der Waals surface area contributed by atoms with Gasteiger partial charge in [-0.2, -0.15) is 4.73 Å². The largest absolute Gasteiger partial charge is 0.455 e. The van der Waals surface area contributed by atoms with E-state index in [9.17, 15) is 10.1 Å². The molecule has 2 aromatic rings. The Hall–Kier alpha value is -2.04. The lowest BCUT2D eigenvalue weighted by Crippen LogP contribution is -2.28. The van der Waals surface area contributed by atoms with Crippen molar-refractivity contribution in [2.45, 2.75) is 27.7 Å². The Bertz CT molecular complexity index is 638. The highest BCUT2D eigenvalue weighted by Gasteiger charge is 2.26. The van der Waals surface area contributed by atoms with E-state index >= 15 is 0 Å². The monoisotopic (exact) mass is 235 g/mol. The molecule has 2 heterocycles. The van der Waals surface area contributed by atoms with Crippen LogP contribution in [0.4, 0.5) is 0 Å². The van der Waals surface area contributed by atoms with Gasteiger partial charge in [-0.3, -0.25) is 0 Å². The summed E-state index contributed by atoms with van der Waals surface area (Å²) in [5.74, 6) is 1.18. The first-order valence-corrected chi connectivity index (χ1v) is 5.35. The SMILES string of the molecule is Cc1ccc(-c2c(C)n(O)c(C)c(C)[n+]2=O)o1. The van der Waals surface area contributed by atoms with Crippen LogP contribution < -0.4 is 4.43 Å². The molecule has 0 aliphatic rings. The molecule has 5 heteroatoms. The topological polar surface area (TPSA) is 61.3 Å². The van der Waals surface area contributed by atoms with Crippen LogP contribution >= 0.6 is 0 Å². The Morgan fingerprint density at radius 3 is 2.35 bits per heavy atom. The Morgan fingerprint density at radius 1 is 1.18 bits per heavy atom. The van der Waals surface area contributed by atoms with Crippen LogP contribution in [0.5, 0.6) is 0 Å². The van der Waals surface area contributed by atoms with E-state index in [0.717, 1.165) is 14.9 Å². The molecule has 0 atom stereocenters. The minimum absolute atomic E-state index is 0.337. The smallest absolute Gasteiger partial charge is 0.327 e. The predicted octanol–water partition coefficient (Wildman–Crippen LogP) is 2.13. The van der Waals surface area contributed by atoms with E-state index in [1.165, 1.54) is 0 Å². The van der Waals surface area contributed by atoms with Crippen LogP contribution in [0.3, 0.4) is 0 Å². The zero-order chi connectivity index (χ0) is 12.7. The van der Waals surface area contributed by atoms with E-state index in [0.29, 0.717) is 28.5 Å². The second-order valence-corrected chi connectivity index (χ2v) is 4.12. The van der Waals surface area contributed by atoms with Crippen molar-refractivity contribution in [2.75, 3.05) is 0 Å². The first kappa shape index (κ1) is 11.4. The molecule has 0 saturated heterocycles. The van der Waals surface area contributed by atoms with Gasteiger partial charge in [0.15, 0.2) is 0 Å². The number of hydrogen-bond acceptors (Lipinski definition) is 3. The molecule has 0 unspecified atom stereocenters. The molecular weight excluding hydrogens is 220 g/mol. The Labute approximate surface area is 98.5 Å². The van der Waals surface area contributed by atoms with Crippen LogP contribution in [-0.2, 0) is 0 Å². The molecule has 0 spiro atoms. The summed E-state index contributed by atoms with van der Waals surface area (Å²) in [7, 11) is 0. The second-order valence-electron chi connectivity index (χ2n) is 4.12. The standard InChI is InChI=1S/C12H15N2O3/c1-7-5-6-11(17-7)12-10(4)13(15)8(2)9(3)14(12)16/h5-6,15H,1-4H3/q+1. The van der Waals surface area contributed by atoms with Crippen LogP contribution in [0.25, 0.3) is 11.5 Å². The number of aryl methyl sites for hydroxylation is 1. The minimum Gasteiger partial charge on any atom is -0.455 e. The van der Waals surface area contributed by atoms with Crippen LogP contribution in [0.2, 0.25) is 0 Å². The fraction of sp³-hybridized carbons (Fsp3) is 0.333. The van der Waals surface area contributed by atoms with E-state index in [2.05, 4.69) is 0 Å². The maximum atomic E-state index is 12.1. The van der Waals surface area contributed by atoms with E-state index in [4.69, 9.17) is 4.42 Å². The van der Waals surface area contributed by atoms with Crippen molar-refractivity contribution in [1.29, 1.82) is 0 Å². The lowest BCUT2D eigenvalue weighted by molar-refractivity contribution is -0.493. The molecular formula is C12H15N2O3+. The number of hydrogen-bond donors (Lipinski definition) is 1. The summed E-state index contributed by atoms with van der Waals surface area (Å²) in [6, 6.07) is 3.51. The summed E-state index contributed by atoms with van der Waals surface area (Å²) in [6.07, 6.45) is 0. The molecule has 0 amide bonds. The van der Waals surface area contributed by atoms with Gasteiger partial charge in [-0.15, -0.1) is 0 Å². The fourth-order valence-corrected chi connectivity index (χ4v) is 1.81. The van der Waals surface area contributed by atoms with E-state index in [1.54, 1.807) is 32.9 Å². The van der Waals surface area contributed by atoms with Crippen molar-refractivity contribution in [1.82, 2.24) is 4.73 Å². The van der Waals surface area contributed by atoms with Crippen molar-refractivity contribution in [3.8, 4) is 11.5 Å². The van der Waals surface area contributed by atoms with Crippen LogP contribution in [-0.4, -0.2) is 9.94 Å². The lowest BCUT2D eigenvalue weighted by Gasteiger charge is -2.06. The zero-order valence-electron chi connectivity index (χ0n) is 10.3. The van der Waals surface area contributed by atoms with Gasteiger partial charge >= 0.3 is 5.69 Å². The predicted molar refractivity (Wildman–Crippen MR) is 61.6 cm³/mol. The molecule has 90 valence electrons. The molecule has 0 aromatic carbocycles. The molecule has 17 heavy (non-hydrogen) atoms. The average molecular weight is 235 g/mol. The maximum absolute atomic E-state index is 12.1. The van der Waals surface area contributed by atoms with Gasteiger partial charge in [0.25, 0.3) is 5.69 Å². The van der Waals surface area contributed by atoms with E-state index < -0.39 is 0 Å². The number of aromatic nitrogens is 2. The van der Waals surface area contributed by atoms with Gasteiger partial charge in [-0.05, 0) is 32.9 Å². The highest BCUT2D eigenvalue weighted by Crippen LogP contribution is 2.22. The van der Waals surface area contributed by atoms with Gasteiger partial charge in [0.2, 0.25) is 5.76 Å². The van der Waals surface area contributed by atoms with Gasteiger partial charge in [0, 0.05) is 11.8 Å². The normalized spacial score (nSPS) is 10.8. The summed E-state index contributed by atoms with van der Waals surface area (Å²) in [5, 5.41) is 9.88. The molecule has 2 aromatic heterocycles. The zero-order valence-corrected chi connectivity index (χ0v) is 10.3. The molecule has 0 radical (unpaired) electrons. The molecule has 0 bridgehead atoms. The highest BCUT2D eigenvalue weighted by molar-refractivity contribution is 5.52. The third-order valence-corrected chi connectivity index (χ3v) is 2.98. The Morgan fingerprint density at radius 2 is 1.82 bits per heavy atom. The molecule has 5 nitrogen and oxygen atoms in total. The van der Waals surface area contributed by atoms with Crippen molar-refractivity contribution in [3.63, 3.8) is 0 Å². The summed E-state index contributed by atoms with van der Waals surface area (Å²) in [5.41, 5.74) is 1.76. The molecule has 0 saturated carbocycles. The number of rotatable bonds is 1. The molecule has 1 N–H and O–H groups in total. The van der Waals surface area contributed by atoms with Crippen molar-refractivity contribution < 1.29 is 14.1 Å². The summed E-state index contributed by atoms with van der Waals surface area (Å²) in [6.45, 7) is 6.83. The van der Waals surface area contributed by atoms with Crippen LogP contribution in [0.15, 0.2) is 16.5 Å². The van der Waals surface area contributed by atoms with Crippen LogP contribution in [0.1, 0.15) is 22.8 Å².